The van der Waals surface area contributed by atoms with Crippen molar-refractivity contribution in [1.29, 1.82) is 0 Å². The first-order valence-electron chi connectivity index (χ1n) is 9.57. The lowest BCUT2D eigenvalue weighted by atomic mass is 10.0. The Morgan fingerprint density at radius 3 is 2.29 bits per heavy atom. The summed E-state index contributed by atoms with van der Waals surface area (Å²) in [4.78, 5) is 28.6. The van der Waals surface area contributed by atoms with Gasteiger partial charge in [-0.1, -0.05) is 18.2 Å². The van der Waals surface area contributed by atoms with Gasteiger partial charge in [0.15, 0.2) is 6.61 Å². The minimum absolute atomic E-state index is 0.00137. The number of hydrogen-bond donors (Lipinski definition) is 1. The van der Waals surface area contributed by atoms with Crippen LogP contribution in [0.3, 0.4) is 0 Å². The van der Waals surface area contributed by atoms with E-state index in [4.69, 9.17) is 4.74 Å². The first kappa shape index (κ1) is 19.7. The van der Waals surface area contributed by atoms with Crippen molar-refractivity contribution in [3.8, 4) is 5.75 Å². The smallest absolute Gasteiger partial charge is 0.258 e. The van der Waals surface area contributed by atoms with Crippen LogP contribution in [0.25, 0.3) is 0 Å². The van der Waals surface area contributed by atoms with Gasteiger partial charge in [0.05, 0.1) is 0 Å². The Kier molecular flexibility index (Phi) is 6.53. The first-order chi connectivity index (χ1) is 13.5. The summed E-state index contributed by atoms with van der Waals surface area (Å²) in [6, 6.07) is 17.0. The first-order valence-corrected chi connectivity index (χ1v) is 9.57. The van der Waals surface area contributed by atoms with Gasteiger partial charge in [-0.25, -0.2) is 0 Å². The van der Waals surface area contributed by atoms with Crippen LogP contribution in [0.4, 0.5) is 5.69 Å². The van der Waals surface area contributed by atoms with E-state index in [1.165, 1.54) is 0 Å². The number of rotatable bonds is 6. The summed E-state index contributed by atoms with van der Waals surface area (Å²) in [6.07, 6.45) is 1.50. The third-order valence-corrected chi connectivity index (χ3v) is 4.89. The fourth-order valence-corrected chi connectivity index (χ4v) is 3.25. The number of nitrogens with one attached hydrogen (secondary N) is 1. The fraction of sp³-hybridized carbons (Fsp3) is 0.364. The molecule has 1 aliphatic heterocycles. The van der Waals surface area contributed by atoms with Crippen LogP contribution in [0, 0.1) is 0 Å². The number of hydrogen-bond acceptors (Lipinski definition) is 4. The predicted molar refractivity (Wildman–Crippen MR) is 110 cm³/mol. The van der Waals surface area contributed by atoms with Crippen molar-refractivity contribution in [3.05, 3.63) is 60.2 Å². The van der Waals surface area contributed by atoms with Crippen molar-refractivity contribution in [1.82, 2.24) is 10.2 Å². The highest BCUT2D eigenvalue weighted by Crippen LogP contribution is 2.17. The largest absolute Gasteiger partial charge is 0.484 e. The van der Waals surface area contributed by atoms with Crippen LogP contribution in [0.15, 0.2) is 54.6 Å². The van der Waals surface area contributed by atoms with Gasteiger partial charge < -0.3 is 19.9 Å². The SMILES string of the molecule is CN(C)c1ccc(C(=O)N2CCC(NC(=O)COc3ccccc3)CC2)cc1. The number of benzene rings is 2. The maximum Gasteiger partial charge on any atom is 0.258 e. The minimum atomic E-state index is -0.132. The Morgan fingerprint density at radius 1 is 1.04 bits per heavy atom. The fourth-order valence-electron chi connectivity index (χ4n) is 3.25. The van der Waals surface area contributed by atoms with Gasteiger partial charge in [0.2, 0.25) is 0 Å². The van der Waals surface area contributed by atoms with E-state index in [2.05, 4.69) is 5.32 Å². The lowest BCUT2D eigenvalue weighted by molar-refractivity contribution is -0.124. The topological polar surface area (TPSA) is 61.9 Å². The molecule has 0 atom stereocenters. The van der Waals surface area contributed by atoms with Crippen molar-refractivity contribution in [2.75, 3.05) is 38.7 Å². The van der Waals surface area contributed by atoms with Crippen LogP contribution in [0.1, 0.15) is 23.2 Å². The summed E-state index contributed by atoms with van der Waals surface area (Å²) >= 11 is 0. The highest BCUT2D eigenvalue weighted by Gasteiger charge is 2.24. The molecule has 1 saturated heterocycles. The molecule has 0 unspecified atom stereocenters. The Hall–Kier alpha value is -3.02. The normalized spacial score (nSPS) is 14.4. The number of amides is 2. The number of carbonyl (C=O) groups excluding carboxylic acids is 2. The van der Waals surface area contributed by atoms with Gasteiger partial charge in [0.25, 0.3) is 11.8 Å². The summed E-state index contributed by atoms with van der Waals surface area (Å²) in [6.45, 7) is 1.28. The lowest BCUT2D eigenvalue weighted by Gasteiger charge is -2.32. The molecule has 148 valence electrons. The van der Waals surface area contributed by atoms with Gasteiger partial charge in [-0.15, -0.1) is 0 Å². The second-order valence-electron chi connectivity index (χ2n) is 7.18. The number of carbonyl (C=O) groups is 2. The zero-order valence-electron chi connectivity index (χ0n) is 16.4. The summed E-state index contributed by atoms with van der Waals surface area (Å²) in [5, 5.41) is 3.00. The van der Waals surface area contributed by atoms with Crippen molar-refractivity contribution < 1.29 is 14.3 Å². The molecule has 0 saturated carbocycles. The average Bonchev–Trinajstić information content (AvgIpc) is 2.73. The second-order valence-corrected chi connectivity index (χ2v) is 7.18. The van der Waals surface area contributed by atoms with E-state index in [-0.39, 0.29) is 24.5 Å². The van der Waals surface area contributed by atoms with Crippen LogP contribution >= 0.6 is 0 Å². The van der Waals surface area contributed by atoms with E-state index in [0.717, 1.165) is 18.5 Å². The van der Waals surface area contributed by atoms with E-state index in [1.54, 1.807) is 0 Å². The van der Waals surface area contributed by atoms with Gasteiger partial charge in [0.1, 0.15) is 5.75 Å². The zero-order chi connectivity index (χ0) is 19.9. The average molecular weight is 381 g/mol. The number of piperidine rings is 1. The monoisotopic (exact) mass is 381 g/mol. The van der Waals surface area contributed by atoms with Gasteiger partial charge in [0, 0.05) is 44.5 Å². The van der Waals surface area contributed by atoms with Crippen LogP contribution < -0.4 is 15.0 Å². The molecule has 2 aromatic carbocycles. The van der Waals surface area contributed by atoms with Gasteiger partial charge in [-0.05, 0) is 49.2 Å². The maximum atomic E-state index is 12.7. The van der Waals surface area contributed by atoms with E-state index >= 15 is 0 Å². The number of anilines is 1. The van der Waals surface area contributed by atoms with Gasteiger partial charge in [-0.3, -0.25) is 9.59 Å². The predicted octanol–water partition coefficient (Wildman–Crippen LogP) is 2.55. The third kappa shape index (κ3) is 5.25. The molecule has 2 aromatic rings. The molecular formula is C22H27N3O3. The van der Waals surface area contributed by atoms with E-state index < -0.39 is 0 Å². The van der Waals surface area contributed by atoms with Gasteiger partial charge >= 0.3 is 0 Å². The zero-order valence-corrected chi connectivity index (χ0v) is 16.4. The molecule has 1 N–H and O–H groups in total. The molecule has 6 heteroatoms. The van der Waals surface area contributed by atoms with E-state index in [9.17, 15) is 9.59 Å². The van der Waals surface area contributed by atoms with Crippen molar-refractivity contribution in [2.24, 2.45) is 0 Å². The number of nitrogens with zero attached hydrogens (tertiary/aromatic N) is 2. The maximum absolute atomic E-state index is 12.7. The van der Waals surface area contributed by atoms with Crippen molar-refractivity contribution in [2.45, 2.75) is 18.9 Å². The molecule has 0 radical (unpaired) electrons. The summed E-state index contributed by atoms with van der Waals surface area (Å²) in [5.74, 6) is 0.591. The third-order valence-electron chi connectivity index (χ3n) is 4.89. The highest BCUT2D eigenvalue weighted by molar-refractivity contribution is 5.94. The summed E-state index contributed by atoms with van der Waals surface area (Å²) in [7, 11) is 3.95. The van der Waals surface area contributed by atoms with Crippen LogP contribution in [0.2, 0.25) is 0 Å². The second kappa shape index (κ2) is 9.26. The van der Waals surface area contributed by atoms with Crippen LogP contribution in [0.5, 0.6) is 5.75 Å². The van der Waals surface area contributed by atoms with Crippen LogP contribution in [-0.4, -0.2) is 56.5 Å². The molecule has 1 aliphatic rings. The molecule has 1 heterocycles. The molecule has 6 nitrogen and oxygen atoms in total. The lowest BCUT2D eigenvalue weighted by Crippen LogP contribution is -2.47. The number of likely N-dealkylation sites (tertiary alicyclic amines) is 1. The Labute approximate surface area is 166 Å². The quantitative estimate of drug-likeness (QED) is 0.835. The number of para-hydroxylation sites is 1. The summed E-state index contributed by atoms with van der Waals surface area (Å²) in [5.41, 5.74) is 1.76. The van der Waals surface area contributed by atoms with E-state index in [1.807, 2.05) is 78.5 Å². The number of ether oxygens (including phenoxy) is 1. The molecule has 0 aromatic heterocycles. The molecule has 2 amide bonds. The molecular weight excluding hydrogens is 354 g/mol. The van der Waals surface area contributed by atoms with Crippen molar-refractivity contribution >= 4 is 17.5 Å². The molecule has 0 spiro atoms. The van der Waals surface area contributed by atoms with Gasteiger partial charge in [-0.2, -0.15) is 0 Å². The molecule has 28 heavy (non-hydrogen) atoms. The Balaban J connectivity index is 1.43. The standard InChI is InChI=1S/C22H27N3O3/c1-24(2)19-10-8-17(9-11-19)22(27)25-14-12-18(13-15-25)23-21(26)16-28-20-6-4-3-5-7-20/h3-11,18H,12-16H2,1-2H3,(H,23,26). The van der Waals surface area contributed by atoms with Crippen molar-refractivity contribution in [3.63, 3.8) is 0 Å². The Morgan fingerprint density at radius 2 is 1.68 bits per heavy atom. The minimum Gasteiger partial charge on any atom is -0.484 e. The molecule has 1 fully saturated rings. The summed E-state index contributed by atoms with van der Waals surface area (Å²) < 4.78 is 5.47. The highest BCUT2D eigenvalue weighted by atomic mass is 16.5. The Bertz CT molecular complexity index is 782. The van der Waals surface area contributed by atoms with Crippen LogP contribution in [-0.2, 0) is 4.79 Å². The molecule has 0 aliphatic carbocycles. The molecule has 0 bridgehead atoms. The molecule has 3 rings (SSSR count). The van der Waals surface area contributed by atoms with E-state index in [0.29, 0.717) is 24.4 Å².